The fraction of sp³-hybridized carbons (Fsp3) is 0.100. The van der Waals surface area contributed by atoms with E-state index in [1.54, 1.807) is 19.2 Å². The molecular weight excluding hydrogens is 254 g/mol. The van der Waals surface area contributed by atoms with Gasteiger partial charge in [-0.15, -0.1) is 5.10 Å². The van der Waals surface area contributed by atoms with Crippen molar-refractivity contribution in [2.75, 3.05) is 17.1 Å². The van der Waals surface area contributed by atoms with Crippen molar-refractivity contribution in [3.05, 3.63) is 36.7 Å². The van der Waals surface area contributed by atoms with Crippen molar-refractivity contribution in [2.24, 2.45) is 0 Å². The van der Waals surface area contributed by atoms with Crippen molar-refractivity contribution < 1.29 is 8.42 Å². The average Bonchev–Trinajstić information content (AvgIpc) is 2.39. The standard InChI is InChI=1S/C10H11N5O2S/c1-11-10-8(4-2-6-12-10)18(16,17)15-9-5-3-7-13-14-9/h2-7H,1H3,(H,11,12)(H,14,15). The van der Waals surface area contributed by atoms with Gasteiger partial charge in [0.15, 0.2) is 5.82 Å². The maximum Gasteiger partial charge on any atom is 0.266 e. The highest BCUT2D eigenvalue weighted by Crippen LogP contribution is 2.19. The number of anilines is 2. The van der Waals surface area contributed by atoms with Crippen LogP contribution in [0.1, 0.15) is 0 Å². The number of nitrogens with one attached hydrogen (secondary N) is 2. The van der Waals surface area contributed by atoms with Gasteiger partial charge in [0.1, 0.15) is 10.7 Å². The molecule has 0 saturated carbocycles. The Morgan fingerprint density at radius 1 is 1.17 bits per heavy atom. The van der Waals surface area contributed by atoms with Gasteiger partial charge in [-0.25, -0.2) is 13.4 Å². The highest BCUT2D eigenvalue weighted by Gasteiger charge is 2.19. The number of rotatable bonds is 4. The molecule has 2 aromatic rings. The SMILES string of the molecule is CNc1ncccc1S(=O)(=O)Nc1cccnn1. The zero-order chi connectivity index (χ0) is 13.0. The van der Waals surface area contributed by atoms with Gasteiger partial charge in [-0.1, -0.05) is 0 Å². The molecule has 0 spiro atoms. The van der Waals surface area contributed by atoms with Gasteiger partial charge in [-0.3, -0.25) is 4.72 Å². The maximum absolute atomic E-state index is 12.1. The molecule has 0 unspecified atom stereocenters. The largest absolute Gasteiger partial charge is 0.372 e. The second-order valence-corrected chi connectivity index (χ2v) is 4.97. The lowest BCUT2D eigenvalue weighted by Crippen LogP contribution is -2.16. The van der Waals surface area contributed by atoms with E-state index in [1.165, 1.54) is 24.5 Å². The van der Waals surface area contributed by atoms with E-state index in [2.05, 4.69) is 25.2 Å². The van der Waals surface area contributed by atoms with E-state index in [0.717, 1.165) is 0 Å². The number of sulfonamides is 1. The first kappa shape index (κ1) is 12.2. The first-order chi connectivity index (χ1) is 8.63. The van der Waals surface area contributed by atoms with Crippen molar-refractivity contribution >= 4 is 21.7 Å². The molecule has 2 aromatic heterocycles. The predicted molar refractivity (Wildman–Crippen MR) is 66.6 cm³/mol. The fourth-order valence-corrected chi connectivity index (χ4v) is 2.50. The van der Waals surface area contributed by atoms with E-state index < -0.39 is 10.0 Å². The summed E-state index contributed by atoms with van der Waals surface area (Å²) in [7, 11) is -2.13. The predicted octanol–water partition coefficient (Wildman–Crippen LogP) is 0.714. The van der Waals surface area contributed by atoms with Gasteiger partial charge < -0.3 is 5.32 Å². The summed E-state index contributed by atoms with van der Waals surface area (Å²) < 4.78 is 26.6. The summed E-state index contributed by atoms with van der Waals surface area (Å²) in [4.78, 5) is 3.99. The van der Waals surface area contributed by atoms with Crippen LogP contribution in [0.25, 0.3) is 0 Å². The molecule has 2 N–H and O–H groups in total. The number of hydrogen-bond donors (Lipinski definition) is 2. The van der Waals surface area contributed by atoms with E-state index in [9.17, 15) is 8.42 Å². The Labute approximate surface area is 104 Å². The summed E-state index contributed by atoms with van der Waals surface area (Å²) in [5, 5.41) is 9.98. The van der Waals surface area contributed by atoms with Crippen LogP contribution in [-0.2, 0) is 10.0 Å². The molecule has 0 aromatic carbocycles. The molecule has 2 heterocycles. The molecule has 0 aliphatic rings. The van der Waals surface area contributed by atoms with Gasteiger partial charge >= 0.3 is 0 Å². The maximum atomic E-state index is 12.1. The lowest BCUT2D eigenvalue weighted by molar-refractivity contribution is 0.601. The van der Waals surface area contributed by atoms with Crippen LogP contribution in [0.3, 0.4) is 0 Å². The minimum atomic E-state index is -3.73. The van der Waals surface area contributed by atoms with Crippen molar-refractivity contribution in [1.82, 2.24) is 15.2 Å². The molecule has 0 saturated heterocycles. The fourth-order valence-electron chi connectivity index (χ4n) is 1.34. The van der Waals surface area contributed by atoms with E-state index in [4.69, 9.17) is 0 Å². The average molecular weight is 265 g/mol. The second kappa shape index (κ2) is 4.96. The third-order valence-corrected chi connectivity index (χ3v) is 3.49. The monoisotopic (exact) mass is 265 g/mol. The molecule has 0 atom stereocenters. The Bertz CT molecular complexity index is 630. The summed E-state index contributed by atoms with van der Waals surface area (Å²) in [5.74, 6) is 0.428. The highest BCUT2D eigenvalue weighted by molar-refractivity contribution is 7.92. The zero-order valence-electron chi connectivity index (χ0n) is 9.53. The first-order valence-corrected chi connectivity index (χ1v) is 6.55. The minimum Gasteiger partial charge on any atom is -0.372 e. The van der Waals surface area contributed by atoms with Gasteiger partial charge in [-0.05, 0) is 24.3 Å². The Kier molecular flexibility index (Phi) is 3.38. The molecule has 0 bridgehead atoms. The molecule has 7 nitrogen and oxygen atoms in total. The van der Waals surface area contributed by atoms with Gasteiger partial charge in [0.05, 0.1) is 0 Å². The number of pyridine rings is 1. The van der Waals surface area contributed by atoms with Gasteiger partial charge in [0, 0.05) is 19.4 Å². The lowest BCUT2D eigenvalue weighted by Gasteiger charge is -2.09. The Morgan fingerprint density at radius 2 is 1.94 bits per heavy atom. The summed E-state index contributed by atoms with van der Waals surface area (Å²) in [5.41, 5.74) is 0. The Balaban J connectivity index is 2.37. The lowest BCUT2D eigenvalue weighted by atomic mass is 10.5. The summed E-state index contributed by atoms with van der Waals surface area (Å²) >= 11 is 0. The van der Waals surface area contributed by atoms with Crippen LogP contribution in [0.2, 0.25) is 0 Å². The van der Waals surface area contributed by atoms with Crippen LogP contribution < -0.4 is 10.0 Å². The highest BCUT2D eigenvalue weighted by atomic mass is 32.2. The van der Waals surface area contributed by atoms with Crippen LogP contribution in [0.4, 0.5) is 11.6 Å². The quantitative estimate of drug-likeness (QED) is 0.845. The third kappa shape index (κ3) is 2.54. The molecule has 0 radical (unpaired) electrons. The summed E-state index contributed by atoms with van der Waals surface area (Å²) in [6, 6.07) is 6.11. The smallest absolute Gasteiger partial charge is 0.266 e. The number of hydrogen-bond acceptors (Lipinski definition) is 6. The molecule has 0 aliphatic heterocycles. The molecule has 0 aliphatic carbocycles. The third-order valence-electron chi connectivity index (χ3n) is 2.11. The second-order valence-electron chi connectivity index (χ2n) is 3.31. The molecule has 0 amide bonds. The Hall–Kier alpha value is -2.22. The van der Waals surface area contributed by atoms with E-state index in [-0.39, 0.29) is 16.5 Å². The number of aromatic nitrogens is 3. The van der Waals surface area contributed by atoms with Gasteiger partial charge in [0.2, 0.25) is 0 Å². The molecule has 18 heavy (non-hydrogen) atoms. The van der Waals surface area contributed by atoms with Gasteiger partial charge in [-0.2, -0.15) is 5.10 Å². The van der Waals surface area contributed by atoms with Crippen LogP contribution in [-0.4, -0.2) is 30.6 Å². The summed E-state index contributed by atoms with van der Waals surface area (Å²) in [6.45, 7) is 0. The van der Waals surface area contributed by atoms with Crippen molar-refractivity contribution in [3.8, 4) is 0 Å². The zero-order valence-corrected chi connectivity index (χ0v) is 10.3. The number of nitrogens with zero attached hydrogens (tertiary/aromatic N) is 3. The molecule has 2 rings (SSSR count). The van der Waals surface area contributed by atoms with Crippen LogP contribution in [0.15, 0.2) is 41.6 Å². The first-order valence-electron chi connectivity index (χ1n) is 5.07. The minimum absolute atomic E-state index is 0.0538. The normalized spacial score (nSPS) is 10.9. The molecular formula is C10H11N5O2S. The van der Waals surface area contributed by atoms with Crippen molar-refractivity contribution in [1.29, 1.82) is 0 Å². The molecule has 0 fully saturated rings. The van der Waals surface area contributed by atoms with Crippen molar-refractivity contribution in [3.63, 3.8) is 0 Å². The molecule has 94 valence electrons. The Morgan fingerprint density at radius 3 is 2.61 bits per heavy atom. The van der Waals surface area contributed by atoms with E-state index in [1.807, 2.05) is 0 Å². The van der Waals surface area contributed by atoms with Crippen LogP contribution in [0, 0.1) is 0 Å². The summed E-state index contributed by atoms with van der Waals surface area (Å²) in [6.07, 6.45) is 2.97. The van der Waals surface area contributed by atoms with Gasteiger partial charge in [0.25, 0.3) is 10.0 Å². The van der Waals surface area contributed by atoms with E-state index >= 15 is 0 Å². The molecule has 8 heteroatoms. The van der Waals surface area contributed by atoms with Crippen LogP contribution in [0.5, 0.6) is 0 Å². The van der Waals surface area contributed by atoms with Crippen LogP contribution >= 0.6 is 0 Å². The topological polar surface area (TPSA) is 96.9 Å². The van der Waals surface area contributed by atoms with E-state index in [0.29, 0.717) is 0 Å². The van der Waals surface area contributed by atoms with Crippen molar-refractivity contribution in [2.45, 2.75) is 4.90 Å².